The molecule has 0 saturated heterocycles. The molecular weight excluding hydrogens is 725 g/mol. The molecule has 0 bridgehead atoms. The van der Waals surface area contributed by atoms with Gasteiger partial charge in [-0.3, -0.25) is 0 Å². The van der Waals surface area contributed by atoms with E-state index in [0.29, 0.717) is 11.1 Å². The van der Waals surface area contributed by atoms with Crippen molar-refractivity contribution in [2.45, 2.75) is 99.3 Å². The molecule has 0 radical (unpaired) electrons. The fraction of sp³-hybridized carbons (Fsp3) is 0.309. The molecule has 0 saturated carbocycles. The molecule has 2 aliphatic rings. The van der Waals surface area contributed by atoms with Gasteiger partial charge < -0.3 is 10.2 Å². The lowest BCUT2D eigenvalue weighted by molar-refractivity contribution is 0.0686. The molecule has 0 heterocycles. The maximum Gasteiger partial charge on any atom is 0.335 e. The zero-order valence-electron chi connectivity index (χ0n) is 36.7. The van der Waals surface area contributed by atoms with Crippen LogP contribution in [0, 0.1) is 10.8 Å². The standard InChI is InChI=1S/C28H32O2.C27H30O2/c1-6-27(2,3)17-15-22-16-18-28(4,5)25-14-11-21(19-24(22)25)8-7-20-9-12-23(13-10-20)26(29)30;1-26(2,3)16-14-21-15-17-27(4,5)24-13-10-20(18-23(21)24)7-6-19-8-11-22(12-9-19)25(28)29/h7-17,19H,6,18H2,1-5H3,(H,29,30);6-16,18H,17H2,1-5H3,(H,28,29)/b8-7+,17-15-;7-6+,16-14-. The van der Waals surface area contributed by atoms with Crippen LogP contribution in [0.2, 0.25) is 0 Å². The summed E-state index contributed by atoms with van der Waals surface area (Å²) in [6, 6.07) is 27.3. The SMILES string of the molecule is CC(C)(C)/C=C\C1=CCC(C)(C)c2ccc(/C=C/c3ccc(C(=O)O)cc3)cc21.CCC(C)(C)/C=C\C1=CCC(C)(C)c2ccc(/C=C/c3ccc(C(=O)O)cc3)cc21. The Morgan fingerprint density at radius 3 is 1.25 bits per heavy atom. The number of carboxylic acids is 2. The summed E-state index contributed by atoms with van der Waals surface area (Å²) in [6.45, 7) is 22.6. The molecule has 4 nitrogen and oxygen atoms in total. The van der Waals surface area contributed by atoms with E-state index in [1.54, 1.807) is 24.3 Å². The van der Waals surface area contributed by atoms with Crippen LogP contribution in [0.5, 0.6) is 0 Å². The van der Waals surface area contributed by atoms with Crippen LogP contribution in [0.3, 0.4) is 0 Å². The Balaban J connectivity index is 0.000000224. The molecule has 4 aromatic rings. The highest BCUT2D eigenvalue weighted by Gasteiger charge is 2.29. The summed E-state index contributed by atoms with van der Waals surface area (Å²) in [5, 5.41) is 18.1. The van der Waals surface area contributed by atoms with E-state index >= 15 is 0 Å². The normalized spacial score (nSPS) is 16.0. The molecule has 306 valence electrons. The zero-order chi connectivity index (χ0) is 43.2. The number of aromatic carboxylic acids is 2. The van der Waals surface area contributed by atoms with Gasteiger partial charge in [0, 0.05) is 0 Å². The van der Waals surface area contributed by atoms with Crippen molar-refractivity contribution >= 4 is 47.4 Å². The van der Waals surface area contributed by atoms with Gasteiger partial charge in [0.1, 0.15) is 0 Å². The minimum Gasteiger partial charge on any atom is -0.478 e. The maximum atomic E-state index is 11.0. The molecule has 6 rings (SSSR count). The molecule has 0 unspecified atom stereocenters. The second-order valence-corrected chi connectivity index (χ2v) is 19.0. The Bertz CT molecular complexity index is 2340. The number of rotatable bonds is 10. The molecule has 4 heteroatoms. The summed E-state index contributed by atoms with van der Waals surface area (Å²) in [4.78, 5) is 22.0. The van der Waals surface area contributed by atoms with Crippen molar-refractivity contribution in [2.75, 3.05) is 0 Å². The minimum absolute atomic E-state index is 0.127. The van der Waals surface area contributed by atoms with Crippen molar-refractivity contribution in [1.29, 1.82) is 0 Å². The predicted octanol–water partition coefficient (Wildman–Crippen LogP) is 14.8. The molecular formula is C55H62O4. The molecule has 59 heavy (non-hydrogen) atoms. The van der Waals surface area contributed by atoms with Crippen molar-refractivity contribution in [3.63, 3.8) is 0 Å². The molecule has 0 aliphatic heterocycles. The Labute approximate surface area is 353 Å². The fourth-order valence-corrected chi connectivity index (χ4v) is 7.11. The number of hydrogen-bond acceptors (Lipinski definition) is 2. The van der Waals surface area contributed by atoms with Crippen molar-refractivity contribution < 1.29 is 19.8 Å². The van der Waals surface area contributed by atoms with E-state index in [9.17, 15) is 9.59 Å². The van der Waals surface area contributed by atoms with Gasteiger partial charge >= 0.3 is 11.9 Å². The fourth-order valence-electron chi connectivity index (χ4n) is 7.11. The van der Waals surface area contributed by atoms with Gasteiger partial charge in [0.05, 0.1) is 11.1 Å². The van der Waals surface area contributed by atoms with E-state index in [0.717, 1.165) is 41.5 Å². The lowest BCUT2D eigenvalue weighted by Crippen LogP contribution is -2.21. The van der Waals surface area contributed by atoms with E-state index in [1.165, 1.54) is 33.4 Å². The number of allylic oxidation sites excluding steroid dienone is 8. The van der Waals surface area contributed by atoms with Crippen LogP contribution in [-0.2, 0) is 10.8 Å². The lowest BCUT2D eigenvalue weighted by Gasteiger charge is -2.32. The van der Waals surface area contributed by atoms with E-state index in [4.69, 9.17) is 10.2 Å². The van der Waals surface area contributed by atoms with E-state index in [-0.39, 0.29) is 21.7 Å². The summed E-state index contributed by atoms with van der Waals surface area (Å²) in [7, 11) is 0. The number of carboxylic acid groups (broad SMARTS) is 2. The van der Waals surface area contributed by atoms with Crippen LogP contribution < -0.4 is 0 Å². The van der Waals surface area contributed by atoms with Crippen molar-refractivity contribution in [1.82, 2.24) is 0 Å². The number of hydrogen-bond donors (Lipinski definition) is 2. The second-order valence-electron chi connectivity index (χ2n) is 19.0. The second kappa shape index (κ2) is 18.0. The van der Waals surface area contributed by atoms with Gasteiger partial charge in [-0.15, -0.1) is 0 Å². The quantitative estimate of drug-likeness (QED) is 0.157. The maximum absolute atomic E-state index is 11.0. The van der Waals surface area contributed by atoms with Gasteiger partial charge in [0.15, 0.2) is 0 Å². The van der Waals surface area contributed by atoms with E-state index in [1.807, 2.05) is 36.4 Å². The van der Waals surface area contributed by atoms with E-state index in [2.05, 4.69) is 154 Å². The Morgan fingerprint density at radius 1 is 0.542 bits per heavy atom. The first-order valence-corrected chi connectivity index (χ1v) is 20.8. The highest BCUT2D eigenvalue weighted by molar-refractivity contribution is 5.89. The topological polar surface area (TPSA) is 74.6 Å². The largest absolute Gasteiger partial charge is 0.478 e. The molecule has 2 N–H and O–H groups in total. The first-order valence-electron chi connectivity index (χ1n) is 20.8. The van der Waals surface area contributed by atoms with Crippen LogP contribution in [0.25, 0.3) is 35.5 Å². The van der Waals surface area contributed by atoms with E-state index < -0.39 is 11.9 Å². The Morgan fingerprint density at radius 2 is 0.898 bits per heavy atom. The molecule has 0 aromatic heterocycles. The van der Waals surface area contributed by atoms with Gasteiger partial charge in [0.2, 0.25) is 0 Å². The summed E-state index contributed by atoms with van der Waals surface area (Å²) < 4.78 is 0. The first kappa shape index (κ1) is 44.4. The molecule has 0 fully saturated rings. The van der Waals surface area contributed by atoms with Crippen LogP contribution in [0.1, 0.15) is 154 Å². The zero-order valence-corrected chi connectivity index (χ0v) is 36.7. The van der Waals surface area contributed by atoms with Gasteiger partial charge in [-0.1, -0.05) is 179 Å². The van der Waals surface area contributed by atoms with Crippen LogP contribution in [-0.4, -0.2) is 22.2 Å². The molecule has 0 amide bonds. The predicted molar refractivity (Wildman–Crippen MR) is 251 cm³/mol. The molecule has 0 atom stereocenters. The Kier molecular flexibility index (Phi) is 13.6. The van der Waals surface area contributed by atoms with Crippen molar-refractivity contribution in [3.8, 4) is 0 Å². The van der Waals surface area contributed by atoms with Gasteiger partial charge in [-0.2, -0.15) is 0 Å². The number of fused-ring (bicyclic) bond motifs is 2. The van der Waals surface area contributed by atoms with Crippen molar-refractivity contribution in [2.24, 2.45) is 10.8 Å². The third kappa shape index (κ3) is 11.9. The highest BCUT2D eigenvalue weighted by atomic mass is 16.4. The molecule has 0 spiro atoms. The lowest BCUT2D eigenvalue weighted by atomic mass is 9.72. The summed E-state index contributed by atoms with van der Waals surface area (Å²) in [6.07, 6.45) is 25.3. The van der Waals surface area contributed by atoms with Crippen LogP contribution in [0.15, 0.2) is 121 Å². The average Bonchev–Trinajstić information content (AvgIpc) is 3.18. The number of carbonyl (C=O) groups is 2. The third-order valence-electron chi connectivity index (χ3n) is 11.5. The Hall–Kier alpha value is -5.74. The summed E-state index contributed by atoms with van der Waals surface area (Å²) in [5.74, 6) is -1.80. The molecule has 4 aromatic carbocycles. The smallest absolute Gasteiger partial charge is 0.335 e. The van der Waals surface area contributed by atoms with Gasteiger partial charge in [-0.25, -0.2) is 9.59 Å². The highest BCUT2D eigenvalue weighted by Crippen LogP contribution is 2.42. The van der Waals surface area contributed by atoms with Gasteiger partial charge in [-0.05, 0) is 133 Å². The summed E-state index contributed by atoms with van der Waals surface area (Å²) >= 11 is 0. The minimum atomic E-state index is -0.902. The monoisotopic (exact) mass is 786 g/mol. The van der Waals surface area contributed by atoms with Crippen LogP contribution >= 0.6 is 0 Å². The number of benzene rings is 4. The average molecular weight is 787 g/mol. The first-order chi connectivity index (χ1) is 27.7. The van der Waals surface area contributed by atoms with Crippen molar-refractivity contribution in [3.05, 3.63) is 177 Å². The third-order valence-corrected chi connectivity index (χ3v) is 11.5. The van der Waals surface area contributed by atoms with Crippen LogP contribution in [0.4, 0.5) is 0 Å². The molecule has 2 aliphatic carbocycles. The van der Waals surface area contributed by atoms with Gasteiger partial charge in [0.25, 0.3) is 0 Å². The summed E-state index contributed by atoms with van der Waals surface area (Å²) in [5.41, 5.74) is 13.4.